The molecule has 0 aromatic carbocycles. The molecule has 0 aliphatic carbocycles. The van der Waals surface area contributed by atoms with Gasteiger partial charge in [-0.25, -0.2) is 9.59 Å². The number of hydrogen-bond acceptors (Lipinski definition) is 8. The second-order valence-corrected chi connectivity index (χ2v) is 10.8. The van der Waals surface area contributed by atoms with Crippen LogP contribution in [0.4, 0.5) is 9.59 Å². The molecule has 0 aromatic rings. The van der Waals surface area contributed by atoms with Crippen molar-refractivity contribution in [3.63, 3.8) is 0 Å². The summed E-state index contributed by atoms with van der Waals surface area (Å²) in [6.07, 6.45) is -0.0444. The lowest BCUT2D eigenvalue weighted by atomic mass is 10.1. The van der Waals surface area contributed by atoms with Crippen molar-refractivity contribution < 1.29 is 28.5 Å². The molecular formula is C23H46N4O6. The Kier molecular flexibility index (Phi) is 11.3. The minimum Gasteiger partial charge on any atom is -0.444 e. The number of alkyl carbamates (subject to hydrolysis) is 1. The third kappa shape index (κ3) is 13.0. The van der Waals surface area contributed by atoms with Crippen LogP contribution in [-0.4, -0.2) is 85.6 Å². The van der Waals surface area contributed by atoms with E-state index >= 15 is 0 Å². The number of nitrogens with zero attached hydrogens (tertiary/aromatic N) is 1. The molecule has 1 aliphatic rings. The number of hydrogen-bond donors (Lipinski definition) is 3. The first kappa shape index (κ1) is 29.4. The maximum Gasteiger partial charge on any atom is 0.410 e. The molecule has 1 saturated heterocycles. The van der Waals surface area contributed by atoms with Gasteiger partial charge < -0.3 is 40.2 Å². The molecule has 10 heteroatoms. The van der Waals surface area contributed by atoms with E-state index in [9.17, 15) is 9.59 Å². The summed E-state index contributed by atoms with van der Waals surface area (Å²) in [4.78, 5) is 26.4. The Morgan fingerprint density at radius 2 is 1.58 bits per heavy atom. The van der Waals surface area contributed by atoms with E-state index in [4.69, 9.17) is 24.7 Å². The second kappa shape index (κ2) is 12.7. The van der Waals surface area contributed by atoms with Crippen LogP contribution in [0.15, 0.2) is 0 Å². The first-order valence-corrected chi connectivity index (χ1v) is 11.8. The maximum atomic E-state index is 12.9. The average Bonchev–Trinajstić information content (AvgIpc) is 2.91. The molecule has 1 rings (SSSR count). The Bertz CT molecular complexity index is 615. The molecule has 0 saturated carbocycles. The third-order valence-corrected chi connectivity index (χ3v) is 4.51. The molecule has 1 aliphatic heterocycles. The molecule has 10 nitrogen and oxygen atoms in total. The van der Waals surface area contributed by atoms with Crippen molar-refractivity contribution in [2.75, 3.05) is 39.3 Å². The number of carbonyl (C=O) groups excluding carboxylic acids is 2. The molecule has 33 heavy (non-hydrogen) atoms. The van der Waals surface area contributed by atoms with E-state index in [1.807, 2.05) is 55.4 Å². The number of carbonyl (C=O) groups is 2. The number of rotatable bonds is 11. The first-order valence-electron chi connectivity index (χ1n) is 11.8. The highest BCUT2D eigenvalue weighted by Gasteiger charge is 2.42. The molecule has 0 aromatic heterocycles. The molecule has 4 N–H and O–H groups in total. The van der Waals surface area contributed by atoms with Gasteiger partial charge in [0.1, 0.15) is 23.4 Å². The van der Waals surface area contributed by atoms with Crippen molar-refractivity contribution in [2.24, 2.45) is 5.73 Å². The Hall–Kier alpha value is -1.62. The number of amides is 2. The van der Waals surface area contributed by atoms with E-state index in [2.05, 4.69) is 10.6 Å². The molecule has 2 atom stereocenters. The van der Waals surface area contributed by atoms with Gasteiger partial charge >= 0.3 is 12.2 Å². The third-order valence-electron chi connectivity index (χ3n) is 4.51. The number of nitrogens with two attached hydrogens (primary N) is 1. The summed E-state index contributed by atoms with van der Waals surface area (Å²) < 4.78 is 23.0. The van der Waals surface area contributed by atoms with Crippen molar-refractivity contribution in [1.29, 1.82) is 0 Å². The van der Waals surface area contributed by atoms with Crippen molar-refractivity contribution in [2.45, 2.75) is 97.4 Å². The summed E-state index contributed by atoms with van der Waals surface area (Å²) in [5.41, 5.74) is 4.37. The quantitative estimate of drug-likeness (QED) is 0.390. The Labute approximate surface area is 199 Å². The fraction of sp³-hybridized carbons (Fsp3) is 0.913. The standard InChI is InChI=1S/C23H46N4O6/c1-21(2,3)32-19(28)26-13-10-14-27(20(29)33-22(4,5)6)16-18-17(15-25-12-9-11-24)30-23(7,8)31-18/h17-18,25H,9-16,24H2,1-8H3,(H,26,28)/t17-,18+/m1/s1. The number of nitrogens with one attached hydrogen (secondary N) is 2. The monoisotopic (exact) mass is 474 g/mol. The lowest BCUT2D eigenvalue weighted by Crippen LogP contribution is -2.46. The van der Waals surface area contributed by atoms with Gasteiger partial charge in [-0.3, -0.25) is 0 Å². The highest BCUT2D eigenvalue weighted by Crippen LogP contribution is 2.29. The van der Waals surface area contributed by atoms with E-state index in [-0.39, 0.29) is 12.2 Å². The highest BCUT2D eigenvalue weighted by atomic mass is 16.8. The van der Waals surface area contributed by atoms with Crippen LogP contribution in [0.1, 0.15) is 68.2 Å². The van der Waals surface area contributed by atoms with Crippen molar-refractivity contribution >= 4 is 12.2 Å². The lowest BCUT2D eigenvalue weighted by Gasteiger charge is -2.30. The average molecular weight is 475 g/mol. The van der Waals surface area contributed by atoms with Gasteiger partial charge in [0, 0.05) is 19.6 Å². The zero-order valence-corrected chi connectivity index (χ0v) is 21.8. The summed E-state index contributed by atoms with van der Waals surface area (Å²) in [7, 11) is 0. The van der Waals surface area contributed by atoms with Gasteiger partial charge in [0.25, 0.3) is 0 Å². The minimum atomic E-state index is -0.747. The second-order valence-electron chi connectivity index (χ2n) is 10.8. The van der Waals surface area contributed by atoms with Crippen LogP contribution >= 0.6 is 0 Å². The number of ether oxygens (including phenoxy) is 4. The van der Waals surface area contributed by atoms with Crippen LogP contribution in [-0.2, 0) is 18.9 Å². The molecule has 1 heterocycles. The lowest BCUT2D eigenvalue weighted by molar-refractivity contribution is -0.147. The zero-order valence-electron chi connectivity index (χ0n) is 21.8. The molecule has 0 unspecified atom stereocenters. The summed E-state index contributed by atoms with van der Waals surface area (Å²) in [5, 5.41) is 6.06. The van der Waals surface area contributed by atoms with Crippen LogP contribution in [0.2, 0.25) is 0 Å². The van der Waals surface area contributed by atoms with E-state index in [1.165, 1.54) is 0 Å². The minimum absolute atomic E-state index is 0.220. The molecule has 0 spiro atoms. The van der Waals surface area contributed by atoms with E-state index in [1.54, 1.807) is 4.90 Å². The van der Waals surface area contributed by atoms with Crippen molar-refractivity contribution in [1.82, 2.24) is 15.5 Å². The van der Waals surface area contributed by atoms with Crippen LogP contribution < -0.4 is 16.4 Å². The summed E-state index contributed by atoms with van der Waals surface area (Å²) in [5.74, 6) is -0.747. The van der Waals surface area contributed by atoms with Gasteiger partial charge in [0.15, 0.2) is 5.79 Å². The Balaban J connectivity index is 2.73. The van der Waals surface area contributed by atoms with Crippen LogP contribution in [0.5, 0.6) is 0 Å². The van der Waals surface area contributed by atoms with Crippen LogP contribution in [0.3, 0.4) is 0 Å². The van der Waals surface area contributed by atoms with E-state index in [0.29, 0.717) is 39.1 Å². The van der Waals surface area contributed by atoms with Gasteiger partial charge in [-0.15, -0.1) is 0 Å². The Morgan fingerprint density at radius 3 is 2.15 bits per heavy atom. The fourth-order valence-corrected chi connectivity index (χ4v) is 3.28. The van der Waals surface area contributed by atoms with Gasteiger partial charge in [0.2, 0.25) is 0 Å². The molecule has 0 bridgehead atoms. The van der Waals surface area contributed by atoms with Crippen LogP contribution in [0.25, 0.3) is 0 Å². The predicted molar refractivity (Wildman–Crippen MR) is 127 cm³/mol. The summed E-state index contributed by atoms with van der Waals surface area (Å²) in [6.45, 7) is 17.7. The van der Waals surface area contributed by atoms with Crippen molar-refractivity contribution in [3.05, 3.63) is 0 Å². The topological polar surface area (TPSA) is 124 Å². The molecule has 1 fully saturated rings. The van der Waals surface area contributed by atoms with Gasteiger partial charge in [-0.1, -0.05) is 0 Å². The van der Waals surface area contributed by atoms with E-state index < -0.39 is 29.2 Å². The van der Waals surface area contributed by atoms with Gasteiger partial charge in [0.05, 0.1) is 6.54 Å². The summed E-state index contributed by atoms with van der Waals surface area (Å²) >= 11 is 0. The van der Waals surface area contributed by atoms with Crippen molar-refractivity contribution in [3.8, 4) is 0 Å². The largest absolute Gasteiger partial charge is 0.444 e. The van der Waals surface area contributed by atoms with Gasteiger partial charge in [-0.2, -0.15) is 0 Å². The smallest absolute Gasteiger partial charge is 0.410 e. The molecule has 0 radical (unpaired) electrons. The van der Waals surface area contributed by atoms with Crippen LogP contribution in [0, 0.1) is 0 Å². The van der Waals surface area contributed by atoms with E-state index in [0.717, 1.165) is 13.0 Å². The zero-order chi connectivity index (χ0) is 25.3. The normalized spacial score (nSPS) is 20.4. The SMILES string of the molecule is CC(C)(C)OC(=O)NCCCN(C[C@@H]1OC(C)(C)O[C@@H]1CNCCCN)C(=O)OC(C)(C)C. The highest BCUT2D eigenvalue weighted by molar-refractivity contribution is 5.68. The fourth-order valence-electron chi connectivity index (χ4n) is 3.28. The predicted octanol–water partition coefficient (Wildman–Crippen LogP) is 2.60. The van der Waals surface area contributed by atoms with Gasteiger partial charge in [-0.05, 0) is 81.3 Å². The Morgan fingerprint density at radius 1 is 0.970 bits per heavy atom. The maximum absolute atomic E-state index is 12.9. The molecular weight excluding hydrogens is 428 g/mol. The first-order chi connectivity index (χ1) is 15.1. The molecule has 194 valence electrons. The summed E-state index contributed by atoms with van der Waals surface area (Å²) in [6, 6.07) is 0. The molecule has 2 amide bonds.